The van der Waals surface area contributed by atoms with Crippen LogP contribution in [0, 0.1) is 10.1 Å². The maximum Gasteiger partial charge on any atom is 0.353 e. The van der Waals surface area contributed by atoms with E-state index in [0.29, 0.717) is 29.3 Å². The van der Waals surface area contributed by atoms with Gasteiger partial charge < -0.3 is 20.1 Å². The van der Waals surface area contributed by atoms with Crippen molar-refractivity contribution in [3.05, 3.63) is 70.5 Å². The number of hydrogen-bond acceptors (Lipinski definition) is 9. The van der Waals surface area contributed by atoms with Crippen LogP contribution in [0.5, 0.6) is 5.75 Å². The zero-order valence-corrected chi connectivity index (χ0v) is 16.3. The van der Waals surface area contributed by atoms with Crippen LogP contribution in [0.1, 0.15) is 17.3 Å². The first-order valence-corrected chi connectivity index (χ1v) is 8.97. The highest BCUT2D eigenvalue weighted by Gasteiger charge is 2.24. The first-order chi connectivity index (χ1) is 14.5. The number of esters is 1. The van der Waals surface area contributed by atoms with E-state index in [9.17, 15) is 14.9 Å². The summed E-state index contributed by atoms with van der Waals surface area (Å²) in [6.45, 7) is 2.29. The van der Waals surface area contributed by atoms with Crippen molar-refractivity contribution in [1.82, 2.24) is 9.97 Å². The normalized spacial score (nSPS) is 10.2. The summed E-state index contributed by atoms with van der Waals surface area (Å²) in [5.41, 5.74) is 1.07. The van der Waals surface area contributed by atoms with Crippen molar-refractivity contribution in [2.75, 3.05) is 24.4 Å². The molecule has 0 amide bonds. The van der Waals surface area contributed by atoms with Crippen molar-refractivity contribution in [3.63, 3.8) is 0 Å². The Kier molecular flexibility index (Phi) is 6.38. The highest BCUT2D eigenvalue weighted by atomic mass is 16.6. The van der Waals surface area contributed by atoms with Gasteiger partial charge in [0, 0.05) is 5.69 Å². The van der Waals surface area contributed by atoms with Gasteiger partial charge in [-0.2, -0.15) is 0 Å². The Balaban J connectivity index is 1.92. The maximum atomic E-state index is 11.8. The molecule has 30 heavy (non-hydrogen) atoms. The fraction of sp³-hybridized carbons (Fsp3) is 0.150. The molecule has 154 valence electrons. The lowest BCUT2D eigenvalue weighted by molar-refractivity contribution is -0.383. The van der Waals surface area contributed by atoms with Gasteiger partial charge in [-0.05, 0) is 43.3 Å². The van der Waals surface area contributed by atoms with Gasteiger partial charge >= 0.3 is 11.7 Å². The minimum absolute atomic E-state index is 0.00258. The largest absolute Gasteiger partial charge is 0.492 e. The van der Waals surface area contributed by atoms with E-state index in [1.165, 1.54) is 13.4 Å². The summed E-state index contributed by atoms with van der Waals surface area (Å²) in [6, 6.07) is 13.3. The van der Waals surface area contributed by atoms with Crippen LogP contribution >= 0.6 is 0 Å². The maximum absolute atomic E-state index is 11.8. The van der Waals surface area contributed by atoms with Crippen LogP contribution in [0.15, 0.2) is 54.9 Å². The number of methoxy groups -OCH3 is 1. The molecule has 10 nitrogen and oxygen atoms in total. The van der Waals surface area contributed by atoms with Crippen LogP contribution in [-0.4, -0.2) is 34.6 Å². The quantitative estimate of drug-likeness (QED) is 0.321. The second-order valence-electron chi connectivity index (χ2n) is 5.92. The van der Waals surface area contributed by atoms with E-state index in [-0.39, 0.29) is 17.3 Å². The third kappa shape index (κ3) is 4.61. The molecular weight excluding hydrogens is 390 g/mol. The topological polar surface area (TPSA) is 129 Å². The molecule has 0 radical (unpaired) electrons. The molecule has 0 saturated carbocycles. The number of anilines is 4. The minimum Gasteiger partial charge on any atom is -0.492 e. The molecule has 0 aliphatic carbocycles. The molecule has 0 aliphatic rings. The lowest BCUT2D eigenvalue weighted by Crippen LogP contribution is -2.06. The minimum atomic E-state index is -0.573. The van der Waals surface area contributed by atoms with E-state index in [0.717, 1.165) is 0 Å². The molecule has 0 saturated heterocycles. The van der Waals surface area contributed by atoms with Gasteiger partial charge in [-0.3, -0.25) is 10.1 Å². The monoisotopic (exact) mass is 409 g/mol. The predicted molar refractivity (Wildman–Crippen MR) is 111 cm³/mol. The van der Waals surface area contributed by atoms with Crippen LogP contribution < -0.4 is 15.4 Å². The van der Waals surface area contributed by atoms with Crippen molar-refractivity contribution >= 4 is 34.7 Å². The van der Waals surface area contributed by atoms with Crippen LogP contribution in [0.25, 0.3) is 0 Å². The number of benzene rings is 2. The summed E-state index contributed by atoms with van der Waals surface area (Å²) < 4.78 is 10.2. The van der Waals surface area contributed by atoms with E-state index >= 15 is 0 Å². The van der Waals surface area contributed by atoms with Crippen LogP contribution in [0.4, 0.5) is 28.7 Å². The molecule has 0 unspecified atom stereocenters. The first kappa shape index (κ1) is 20.5. The highest BCUT2D eigenvalue weighted by Crippen LogP contribution is 2.35. The Hall–Kier alpha value is -4.21. The van der Waals surface area contributed by atoms with Crippen molar-refractivity contribution in [2.24, 2.45) is 0 Å². The molecule has 0 fully saturated rings. The Morgan fingerprint density at radius 1 is 1.07 bits per heavy atom. The zero-order valence-electron chi connectivity index (χ0n) is 16.3. The van der Waals surface area contributed by atoms with E-state index in [1.807, 2.05) is 6.92 Å². The lowest BCUT2D eigenvalue weighted by atomic mass is 10.2. The van der Waals surface area contributed by atoms with Gasteiger partial charge in [0.15, 0.2) is 0 Å². The Morgan fingerprint density at radius 2 is 1.73 bits per heavy atom. The molecule has 2 aromatic carbocycles. The number of carbonyl (C=O) groups is 1. The van der Waals surface area contributed by atoms with Gasteiger partial charge in [0.05, 0.1) is 29.9 Å². The SMILES string of the molecule is CCOc1ccccc1Nc1ncnc(Nc2ccc(C(=O)OC)cc2)c1[N+](=O)[O-]. The second-order valence-corrected chi connectivity index (χ2v) is 5.92. The Morgan fingerprint density at radius 3 is 2.37 bits per heavy atom. The van der Waals surface area contributed by atoms with Crippen molar-refractivity contribution in [1.29, 1.82) is 0 Å². The van der Waals surface area contributed by atoms with Crippen molar-refractivity contribution in [2.45, 2.75) is 6.92 Å². The van der Waals surface area contributed by atoms with Crippen LogP contribution in [0.2, 0.25) is 0 Å². The van der Waals surface area contributed by atoms with Gasteiger partial charge in [-0.15, -0.1) is 0 Å². The molecule has 2 N–H and O–H groups in total. The first-order valence-electron chi connectivity index (χ1n) is 8.97. The summed E-state index contributed by atoms with van der Waals surface area (Å²) in [5.74, 6) is 0.0721. The smallest absolute Gasteiger partial charge is 0.353 e. The number of rotatable bonds is 8. The number of ether oxygens (including phenoxy) is 2. The van der Waals surface area contributed by atoms with Gasteiger partial charge in [0.25, 0.3) is 0 Å². The number of para-hydroxylation sites is 2. The second kappa shape index (κ2) is 9.32. The summed E-state index contributed by atoms with van der Waals surface area (Å²) in [7, 11) is 1.29. The van der Waals surface area contributed by atoms with E-state index in [4.69, 9.17) is 4.74 Å². The van der Waals surface area contributed by atoms with Crippen LogP contribution in [-0.2, 0) is 4.74 Å². The molecule has 0 spiro atoms. The van der Waals surface area contributed by atoms with E-state index in [2.05, 4.69) is 25.3 Å². The molecular formula is C20H19N5O5. The number of nitro groups is 1. The van der Waals surface area contributed by atoms with Gasteiger partial charge in [-0.1, -0.05) is 12.1 Å². The number of nitrogens with zero attached hydrogens (tertiary/aromatic N) is 3. The highest BCUT2D eigenvalue weighted by molar-refractivity contribution is 5.90. The van der Waals surface area contributed by atoms with Gasteiger partial charge in [0.2, 0.25) is 11.6 Å². The molecule has 3 rings (SSSR count). The van der Waals surface area contributed by atoms with Gasteiger partial charge in [0.1, 0.15) is 12.1 Å². The van der Waals surface area contributed by atoms with E-state index in [1.54, 1.807) is 48.5 Å². The molecule has 1 aromatic heterocycles. The standard InChI is InChI=1S/C20H19N5O5/c1-3-30-16-7-5-4-6-15(16)24-19-17(25(27)28)18(21-12-22-19)23-14-10-8-13(9-11-14)20(26)29-2/h4-12H,3H2,1-2H3,(H2,21,22,23,24). The third-order valence-corrected chi connectivity index (χ3v) is 4.01. The average Bonchev–Trinajstić information content (AvgIpc) is 2.75. The summed E-state index contributed by atoms with van der Waals surface area (Å²) >= 11 is 0. The van der Waals surface area contributed by atoms with E-state index < -0.39 is 10.9 Å². The molecule has 10 heteroatoms. The Bertz CT molecular complexity index is 1060. The van der Waals surface area contributed by atoms with Crippen LogP contribution in [0.3, 0.4) is 0 Å². The third-order valence-electron chi connectivity index (χ3n) is 4.01. The van der Waals surface area contributed by atoms with Gasteiger partial charge in [-0.25, -0.2) is 14.8 Å². The molecule has 3 aromatic rings. The number of aromatic nitrogens is 2. The average molecular weight is 409 g/mol. The number of nitrogens with one attached hydrogen (secondary N) is 2. The zero-order chi connectivity index (χ0) is 21.5. The fourth-order valence-electron chi connectivity index (χ4n) is 2.66. The number of hydrogen-bond donors (Lipinski definition) is 2. The molecule has 1 heterocycles. The molecule has 0 bridgehead atoms. The fourth-order valence-corrected chi connectivity index (χ4v) is 2.66. The van der Waals surface area contributed by atoms with Crippen molar-refractivity contribution < 1.29 is 19.2 Å². The predicted octanol–water partition coefficient (Wildman–Crippen LogP) is 4.06. The molecule has 0 atom stereocenters. The lowest BCUT2D eigenvalue weighted by Gasteiger charge is -2.13. The Labute approximate surface area is 172 Å². The molecule has 0 aliphatic heterocycles. The summed E-state index contributed by atoms with van der Waals surface area (Å²) in [5, 5.41) is 17.6. The van der Waals surface area contributed by atoms with Crippen molar-refractivity contribution in [3.8, 4) is 5.75 Å². The number of carbonyl (C=O) groups excluding carboxylic acids is 1. The summed E-state index contributed by atoms with van der Waals surface area (Å²) in [4.78, 5) is 30.8. The summed E-state index contributed by atoms with van der Waals surface area (Å²) in [6.07, 6.45) is 1.21.